The normalized spacial score (nSPS) is 11.6. The molecule has 0 aliphatic carbocycles. The van der Waals surface area contributed by atoms with Gasteiger partial charge in [-0.3, -0.25) is 4.98 Å². The molecule has 5 aromatic rings. The van der Waals surface area contributed by atoms with Crippen molar-refractivity contribution >= 4 is 20.8 Å². The molecule has 0 fully saturated rings. The van der Waals surface area contributed by atoms with E-state index in [2.05, 4.69) is 20.4 Å². The molecular weight excluding hydrogens is 478 g/mol. The smallest absolute Gasteiger partial charge is 0.238 e. The van der Waals surface area contributed by atoms with E-state index in [9.17, 15) is 8.42 Å². The molecule has 0 amide bonds. The molecule has 2 aromatic heterocycles. The van der Waals surface area contributed by atoms with E-state index in [1.54, 1.807) is 25.4 Å². The highest BCUT2D eigenvalue weighted by atomic mass is 32.2. The molecule has 3 aromatic carbocycles. The van der Waals surface area contributed by atoms with Crippen molar-refractivity contribution in [2.45, 2.75) is 18.0 Å². The van der Waals surface area contributed by atoms with Crippen LogP contribution in [0, 0.1) is 0 Å². The minimum Gasteiger partial charge on any atom is -0.497 e. The summed E-state index contributed by atoms with van der Waals surface area (Å²) in [6.45, 7) is 0.652. The molecule has 0 aliphatic heterocycles. The second kappa shape index (κ2) is 9.46. The number of primary sulfonamides is 1. The molecule has 11 heteroatoms. The highest BCUT2D eigenvalue weighted by Gasteiger charge is 2.23. The van der Waals surface area contributed by atoms with E-state index in [0.717, 1.165) is 33.3 Å². The Kier molecular flexibility index (Phi) is 6.18. The number of ether oxygens (including phenoxy) is 1. The Bertz CT molecular complexity index is 1670. The summed E-state index contributed by atoms with van der Waals surface area (Å²) in [5, 5.41) is 20.2. The number of rotatable bonds is 7. The molecule has 0 spiro atoms. The molecule has 10 nitrogen and oxygen atoms in total. The molecule has 0 aliphatic rings. The third-order valence-electron chi connectivity index (χ3n) is 5.84. The molecule has 0 bridgehead atoms. The Morgan fingerprint density at radius 2 is 1.83 bits per heavy atom. The molecular formula is C25H23N7O3S. The van der Waals surface area contributed by atoms with Crippen LogP contribution in [0.4, 0.5) is 0 Å². The van der Waals surface area contributed by atoms with Crippen LogP contribution in [-0.4, -0.2) is 40.7 Å². The van der Waals surface area contributed by atoms with Gasteiger partial charge in [0.25, 0.3) is 0 Å². The van der Waals surface area contributed by atoms with Gasteiger partial charge in [0.15, 0.2) is 0 Å². The van der Waals surface area contributed by atoms with Crippen LogP contribution in [0.5, 0.6) is 5.75 Å². The van der Waals surface area contributed by atoms with Crippen molar-refractivity contribution in [1.29, 1.82) is 0 Å². The zero-order valence-corrected chi connectivity index (χ0v) is 20.2. The summed E-state index contributed by atoms with van der Waals surface area (Å²) in [7, 11) is -2.48. The number of hydrogen-bond donors (Lipinski definition) is 2. The third-order valence-corrected chi connectivity index (χ3v) is 6.80. The Labute approximate surface area is 207 Å². The van der Waals surface area contributed by atoms with Gasteiger partial charge in [0.05, 0.1) is 29.8 Å². The fraction of sp³-hybridized carbons (Fsp3) is 0.120. The van der Waals surface area contributed by atoms with Crippen LogP contribution in [0.25, 0.3) is 33.3 Å². The predicted octanol–water partition coefficient (Wildman–Crippen LogP) is 2.72. The molecule has 4 N–H and O–H groups in total. The number of benzene rings is 3. The van der Waals surface area contributed by atoms with E-state index in [-0.39, 0.29) is 16.3 Å². The van der Waals surface area contributed by atoms with Crippen molar-refractivity contribution in [2.24, 2.45) is 10.9 Å². The van der Waals surface area contributed by atoms with E-state index in [0.29, 0.717) is 18.7 Å². The first-order valence-corrected chi connectivity index (χ1v) is 12.6. The van der Waals surface area contributed by atoms with Crippen molar-refractivity contribution in [3.63, 3.8) is 0 Å². The van der Waals surface area contributed by atoms with Crippen LogP contribution < -0.4 is 15.6 Å². The highest BCUT2D eigenvalue weighted by Crippen LogP contribution is 2.36. The Balaban J connectivity index is 1.62. The van der Waals surface area contributed by atoms with Crippen LogP contribution in [0.15, 0.2) is 77.8 Å². The summed E-state index contributed by atoms with van der Waals surface area (Å²) in [6.07, 6.45) is 1.70. The van der Waals surface area contributed by atoms with Crippen molar-refractivity contribution in [3.05, 3.63) is 84.2 Å². The molecule has 0 radical (unpaired) electrons. The van der Waals surface area contributed by atoms with Gasteiger partial charge in [0.2, 0.25) is 15.8 Å². The summed E-state index contributed by atoms with van der Waals surface area (Å²) >= 11 is 0. The molecule has 36 heavy (non-hydrogen) atoms. The quantitative estimate of drug-likeness (QED) is 0.345. The van der Waals surface area contributed by atoms with Gasteiger partial charge in [-0.2, -0.15) is 4.80 Å². The molecule has 2 heterocycles. The van der Waals surface area contributed by atoms with Gasteiger partial charge in [-0.15, -0.1) is 10.2 Å². The lowest BCUT2D eigenvalue weighted by atomic mass is 9.96. The van der Waals surface area contributed by atoms with E-state index < -0.39 is 10.0 Å². The number of nitrogens with two attached hydrogens (primary N) is 2. The number of aromatic nitrogens is 5. The van der Waals surface area contributed by atoms with Crippen LogP contribution in [0.3, 0.4) is 0 Å². The van der Waals surface area contributed by atoms with Gasteiger partial charge in [0.1, 0.15) is 5.75 Å². The van der Waals surface area contributed by atoms with E-state index in [1.807, 2.05) is 48.5 Å². The Morgan fingerprint density at radius 3 is 2.56 bits per heavy atom. The van der Waals surface area contributed by atoms with Crippen molar-refractivity contribution in [1.82, 2.24) is 25.2 Å². The molecule has 5 rings (SSSR count). The highest BCUT2D eigenvalue weighted by molar-refractivity contribution is 7.89. The van der Waals surface area contributed by atoms with Gasteiger partial charge in [-0.05, 0) is 57.6 Å². The second-order valence-electron chi connectivity index (χ2n) is 8.11. The lowest BCUT2D eigenvalue weighted by Gasteiger charge is -2.12. The number of fused-ring (bicyclic) bond motifs is 1. The number of hydrogen-bond acceptors (Lipinski definition) is 8. The average Bonchev–Trinajstić information content (AvgIpc) is 3.35. The molecule has 182 valence electrons. The van der Waals surface area contributed by atoms with E-state index in [4.69, 9.17) is 15.6 Å². The Hall–Kier alpha value is -4.19. The zero-order valence-electron chi connectivity index (χ0n) is 19.4. The van der Waals surface area contributed by atoms with E-state index >= 15 is 0 Å². The van der Waals surface area contributed by atoms with Crippen LogP contribution in [0.1, 0.15) is 11.3 Å². The first kappa shape index (κ1) is 23.5. The summed E-state index contributed by atoms with van der Waals surface area (Å²) in [4.78, 5) is 5.65. The molecule has 0 atom stereocenters. The second-order valence-corrected chi connectivity index (χ2v) is 9.64. The minimum absolute atomic E-state index is 0.0820. The minimum atomic E-state index is -4.08. The number of methoxy groups -OCH3 is 1. The fourth-order valence-electron chi connectivity index (χ4n) is 4.11. The van der Waals surface area contributed by atoms with Gasteiger partial charge in [-0.1, -0.05) is 36.4 Å². The van der Waals surface area contributed by atoms with Crippen molar-refractivity contribution in [2.75, 3.05) is 7.11 Å². The monoisotopic (exact) mass is 501 g/mol. The maximum atomic E-state index is 12.5. The summed E-state index contributed by atoms with van der Waals surface area (Å²) < 4.78 is 30.2. The summed E-state index contributed by atoms with van der Waals surface area (Å²) in [5.41, 5.74) is 9.20. The number of nitrogens with zero attached hydrogens (tertiary/aromatic N) is 5. The molecule has 0 unspecified atom stereocenters. The lowest BCUT2D eigenvalue weighted by molar-refractivity contribution is 0.414. The van der Waals surface area contributed by atoms with Gasteiger partial charge < -0.3 is 10.5 Å². The number of pyridine rings is 1. The lowest BCUT2D eigenvalue weighted by Crippen LogP contribution is -2.14. The molecule has 0 saturated carbocycles. The van der Waals surface area contributed by atoms with Crippen LogP contribution in [0.2, 0.25) is 0 Å². The number of tetrazole rings is 1. The standard InChI is InChI=1S/C25H23N7O3S/c1-35-19-8-5-16(6-9-19)15-32-30-25(29-31-32)24-21(3-2-4-23(24)36(27,33)34)17-7-10-20-18(13-17)11-12-28-22(20)14-26/h2-13H,14-15,26H2,1H3,(H2,27,33,34). The Morgan fingerprint density at radius 1 is 1.03 bits per heavy atom. The maximum Gasteiger partial charge on any atom is 0.238 e. The van der Waals surface area contributed by atoms with Crippen molar-refractivity contribution < 1.29 is 13.2 Å². The van der Waals surface area contributed by atoms with E-state index in [1.165, 1.54) is 10.9 Å². The maximum absolute atomic E-state index is 12.5. The summed E-state index contributed by atoms with van der Waals surface area (Å²) in [6, 6.07) is 20.0. The summed E-state index contributed by atoms with van der Waals surface area (Å²) in [5.74, 6) is 0.892. The van der Waals surface area contributed by atoms with Crippen LogP contribution >= 0.6 is 0 Å². The molecule has 0 saturated heterocycles. The largest absolute Gasteiger partial charge is 0.497 e. The van der Waals surface area contributed by atoms with Gasteiger partial charge in [0, 0.05) is 18.1 Å². The third kappa shape index (κ3) is 4.54. The fourth-order valence-corrected chi connectivity index (χ4v) is 4.87. The average molecular weight is 502 g/mol. The predicted molar refractivity (Wildman–Crippen MR) is 135 cm³/mol. The first-order chi connectivity index (χ1) is 17.4. The first-order valence-electron chi connectivity index (χ1n) is 11.0. The van der Waals surface area contributed by atoms with Crippen LogP contribution in [-0.2, 0) is 23.1 Å². The van der Waals surface area contributed by atoms with Gasteiger partial charge in [-0.25, -0.2) is 13.6 Å². The van der Waals surface area contributed by atoms with Crippen molar-refractivity contribution in [3.8, 4) is 28.3 Å². The number of sulfonamides is 1. The SMILES string of the molecule is COc1ccc(Cn2nnc(-c3c(-c4ccc5c(CN)nccc5c4)cccc3S(N)(=O)=O)n2)cc1. The topological polar surface area (TPSA) is 152 Å². The van der Waals surface area contributed by atoms with Gasteiger partial charge >= 0.3 is 0 Å². The zero-order chi connectivity index (χ0) is 25.3.